The maximum atomic E-state index is 11.3. The summed E-state index contributed by atoms with van der Waals surface area (Å²) >= 11 is 0. The summed E-state index contributed by atoms with van der Waals surface area (Å²) in [6, 6.07) is 0. The van der Waals surface area contributed by atoms with Crippen molar-refractivity contribution in [2.45, 2.75) is 13.3 Å². The normalized spacial score (nSPS) is 22.8. The highest BCUT2D eigenvalue weighted by Crippen LogP contribution is 2.18. The minimum atomic E-state index is -0.207. The Morgan fingerprint density at radius 2 is 2.06 bits per heavy atom. The van der Waals surface area contributed by atoms with Crippen LogP contribution in [-0.4, -0.2) is 50.7 Å². The number of rotatable bonds is 4. The van der Waals surface area contributed by atoms with E-state index in [2.05, 4.69) is 9.64 Å². The van der Waals surface area contributed by atoms with Gasteiger partial charge >= 0.3 is 11.9 Å². The molecule has 2 atom stereocenters. The van der Waals surface area contributed by atoms with Crippen LogP contribution in [0.25, 0.3) is 0 Å². The first kappa shape index (κ1) is 13.0. The first-order chi connectivity index (χ1) is 7.58. The predicted molar refractivity (Wildman–Crippen MR) is 57.7 cm³/mol. The second kappa shape index (κ2) is 5.84. The Morgan fingerprint density at radius 1 is 1.38 bits per heavy atom. The zero-order chi connectivity index (χ0) is 12.1. The van der Waals surface area contributed by atoms with E-state index < -0.39 is 0 Å². The number of carbonyl (C=O) groups excluding carboxylic acids is 2. The topological polar surface area (TPSA) is 55.8 Å². The number of esters is 2. The number of nitrogens with zero attached hydrogens (tertiary/aromatic N) is 1. The molecule has 92 valence electrons. The van der Waals surface area contributed by atoms with E-state index in [1.54, 1.807) is 0 Å². The molecule has 0 aliphatic carbocycles. The lowest BCUT2D eigenvalue weighted by atomic mass is 10.1. The van der Waals surface area contributed by atoms with Crippen molar-refractivity contribution in [1.29, 1.82) is 0 Å². The molecule has 0 aromatic carbocycles. The molecule has 1 heterocycles. The van der Waals surface area contributed by atoms with E-state index in [1.165, 1.54) is 14.2 Å². The third-order valence-corrected chi connectivity index (χ3v) is 2.94. The maximum absolute atomic E-state index is 11.3. The fourth-order valence-electron chi connectivity index (χ4n) is 2.02. The molecule has 0 amide bonds. The molecule has 1 aliphatic rings. The number of likely N-dealkylation sites (tertiary alicyclic amines) is 1. The fourth-order valence-corrected chi connectivity index (χ4v) is 2.02. The van der Waals surface area contributed by atoms with E-state index >= 15 is 0 Å². The van der Waals surface area contributed by atoms with Gasteiger partial charge in [0.25, 0.3) is 0 Å². The largest absolute Gasteiger partial charge is 0.469 e. The van der Waals surface area contributed by atoms with E-state index in [0.29, 0.717) is 13.1 Å². The minimum Gasteiger partial charge on any atom is -0.469 e. The summed E-state index contributed by atoms with van der Waals surface area (Å²) < 4.78 is 9.36. The predicted octanol–water partition coefficient (Wildman–Crippen LogP) is 0.290. The summed E-state index contributed by atoms with van der Waals surface area (Å²) in [7, 11) is 2.79. The van der Waals surface area contributed by atoms with E-state index in [9.17, 15) is 9.59 Å². The summed E-state index contributed by atoms with van der Waals surface area (Å²) in [6.07, 6.45) is 0.806. The van der Waals surface area contributed by atoms with Crippen molar-refractivity contribution < 1.29 is 19.1 Å². The molecule has 0 aromatic rings. The minimum absolute atomic E-state index is 0.0464. The van der Waals surface area contributed by atoms with Gasteiger partial charge in [-0.1, -0.05) is 6.92 Å². The summed E-state index contributed by atoms with van der Waals surface area (Å²) in [5.41, 5.74) is 0. The van der Waals surface area contributed by atoms with Crippen molar-refractivity contribution in [3.05, 3.63) is 0 Å². The van der Waals surface area contributed by atoms with Crippen LogP contribution in [0.4, 0.5) is 0 Å². The van der Waals surface area contributed by atoms with Gasteiger partial charge in [-0.3, -0.25) is 9.59 Å². The van der Waals surface area contributed by atoms with Crippen LogP contribution in [0.2, 0.25) is 0 Å². The fraction of sp³-hybridized carbons (Fsp3) is 0.818. The van der Waals surface area contributed by atoms with Gasteiger partial charge in [0, 0.05) is 13.1 Å². The quantitative estimate of drug-likeness (QED) is 0.649. The lowest BCUT2D eigenvalue weighted by Gasteiger charge is -2.18. The standard InChI is InChI=1S/C11H19NO4/c1-8(10(13)15-2)6-12-5-4-9(7-12)11(14)16-3/h8-9H,4-7H2,1-3H3. The summed E-state index contributed by atoms with van der Waals surface area (Å²) in [6.45, 7) is 3.98. The second-order valence-electron chi connectivity index (χ2n) is 4.19. The molecule has 0 spiro atoms. The molecule has 0 radical (unpaired) electrons. The molecule has 0 N–H and O–H groups in total. The number of hydrogen-bond donors (Lipinski definition) is 0. The van der Waals surface area contributed by atoms with Crippen LogP contribution >= 0.6 is 0 Å². The van der Waals surface area contributed by atoms with Gasteiger partial charge in [0.15, 0.2) is 0 Å². The third-order valence-electron chi connectivity index (χ3n) is 2.94. The average molecular weight is 229 g/mol. The van der Waals surface area contributed by atoms with E-state index in [4.69, 9.17) is 4.74 Å². The van der Waals surface area contributed by atoms with Crippen LogP contribution < -0.4 is 0 Å². The highest BCUT2D eigenvalue weighted by atomic mass is 16.5. The molecule has 1 rings (SSSR count). The van der Waals surface area contributed by atoms with Crippen LogP contribution in [0.5, 0.6) is 0 Å². The van der Waals surface area contributed by atoms with Gasteiger partial charge in [0.1, 0.15) is 0 Å². The van der Waals surface area contributed by atoms with E-state index in [-0.39, 0.29) is 23.8 Å². The highest BCUT2D eigenvalue weighted by Gasteiger charge is 2.30. The van der Waals surface area contributed by atoms with Crippen LogP contribution in [-0.2, 0) is 19.1 Å². The van der Waals surface area contributed by atoms with Gasteiger partial charge in [-0.05, 0) is 13.0 Å². The molecule has 1 saturated heterocycles. The number of methoxy groups -OCH3 is 2. The van der Waals surface area contributed by atoms with Crippen molar-refractivity contribution in [2.24, 2.45) is 11.8 Å². The molecule has 2 unspecified atom stereocenters. The zero-order valence-electron chi connectivity index (χ0n) is 10.1. The molecule has 1 aliphatic heterocycles. The maximum Gasteiger partial charge on any atom is 0.310 e. The van der Waals surface area contributed by atoms with Gasteiger partial charge in [0.2, 0.25) is 0 Å². The van der Waals surface area contributed by atoms with Gasteiger partial charge in [-0.2, -0.15) is 0 Å². The molecule has 1 fully saturated rings. The smallest absolute Gasteiger partial charge is 0.310 e. The molecule has 5 nitrogen and oxygen atoms in total. The first-order valence-electron chi connectivity index (χ1n) is 5.46. The monoisotopic (exact) mass is 229 g/mol. The Balaban J connectivity index is 2.36. The lowest BCUT2D eigenvalue weighted by Crippen LogP contribution is -2.31. The summed E-state index contributed by atoms with van der Waals surface area (Å²) in [5.74, 6) is -0.564. The first-order valence-corrected chi connectivity index (χ1v) is 5.46. The van der Waals surface area contributed by atoms with Gasteiger partial charge < -0.3 is 14.4 Å². The van der Waals surface area contributed by atoms with Crippen molar-refractivity contribution in [3.63, 3.8) is 0 Å². The van der Waals surface area contributed by atoms with Gasteiger partial charge in [-0.25, -0.2) is 0 Å². The third kappa shape index (κ3) is 3.20. The Morgan fingerprint density at radius 3 is 2.62 bits per heavy atom. The van der Waals surface area contributed by atoms with E-state index in [0.717, 1.165) is 13.0 Å². The molecular formula is C11H19NO4. The van der Waals surface area contributed by atoms with Gasteiger partial charge in [-0.15, -0.1) is 0 Å². The average Bonchev–Trinajstić information content (AvgIpc) is 2.75. The molecule has 0 bridgehead atoms. The van der Waals surface area contributed by atoms with Crippen molar-refractivity contribution in [1.82, 2.24) is 4.90 Å². The van der Waals surface area contributed by atoms with Crippen LogP contribution in [0.1, 0.15) is 13.3 Å². The number of hydrogen-bond acceptors (Lipinski definition) is 5. The number of carbonyl (C=O) groups is 2. The van der Waals surface area contributed by atoms with Crippen LogP contribution in [0, 0.1) is 11.8 Å². The molecule has 0 saturated carbocycles. The summed E-state index contributed by atoms with van der Waals surface area (Å²) in [4.78, 5) is 24.6. The van der Waals surface area contributed by atoms with Crippen molar-refractivity contribution in [3.8, 4) is 0 Å². The Kier molecular flexibility index (Phi) is 4.73. The van der Waals surface area contributed by atoms with E-state index in [1.807, 2.05) is 6.92 Å². The van der Waals surface area contributed by atoms with Crippen molar-refractivity contribution in [2.75, 3.05) is 33.9 Å². The summed E-state index contributed by atoms with van der Waals surface area (Å²) in [5, 5.41) is 0. The van der Waals surface area contributed by atoms with Crippen LogP contribution in [0.15, 0.2) is 0 Å². The number of ether oxygens (including phenoxy) is 2. The van der Waals surface area contributed by atoms with Gasteiger partial charge in [0.05, 0.1) is 26.1 Å². The molecule has 5 heteroatoms. The Labute approximate surface area is 95.7 Å². The Bertz CT molecular complexity index is 267. The molecule has 16 heavy (non-hydrogen) atoms. The Hall–Kier alpha value is -1.10. The molecular weight excluding hydrogens is 210 g/mol. The van der Waals surface area contributed by atoms with Crippen LogP contribution in [0.3, 0.4) is 0 Å². The highest BCUT2D eigenvalue weighted by molar-refractivity contribution is 5.73. The zero-order valence-corrected chi connectivity index (χ0v) is 10.1. The van der Waals surface area contributed by atoms with Crippen molar-refractivity contribution >= 4 is 11.9 Å². The molecule has 0 aromatic heterocycles. The lowest BCUT2D eigenvalue weighted by molar-refractivity contribution is -0.145. The SMILES string of the molecule is COC(=O)C(C)CN1CCC(C(=O)OC)C1. The second-order valence-corrected chi connectivity index (χ2v) is 4.19.